The summed E-state index contributed by atoms with van der Waals surface area (Å²) in [6.45, 7) is 4.05. The van der Waals surface area contributed by atoms with Crippen LogP contribution in [0.4, 0.5) is 17.2 Å². The van der Waals surface area contributed by atoms with Crippen LogP contribution in [-0.2, 0) is 0 Å². The Labute approximate surface area is 130 Å². The van der Waals surface area contributed by atoms with Crippen molar-refractivity contribution in [2.24, 2.45) is 5.92 Å². The van der Waals surface area contributed by atoms with Gasteiger partial charge in [-0.1, -0.05) is 12.1 Å². The number of fused-ring (bicyclic) bond motifs is 1. The van der Waals surface area contributed by atoms with E-state index in [1.54, 1.807) is 6.33 Å². The van der Waals surface area contributed by atoms with Gasteiger partial charge in [-0.25, -0.2) is 9.97 Å². The summed E-state index contributed by atoms with van der Waals surface area (Å²) in [6, 6.07) is 8.60. The highest BCUT2D eigenvalue weighted by Crippen LogP contribution is 2.35. The molecule has 112 valence electrons. The average Bonchev–Trinajstić information content (AvgIpc) is 3.38. The van der Waals surface area contributed by atoms with Crippen molar-refractivity contribution in [2.45, 2.75) is 19.8 Å². The van der Waals surface area contributed by atoms with Crippen molar-refractivity contribution in [3.63, 3.8) is 0 Å². The summed E-state index contributed by atoms with van der Waals surface area (Å²) in [7, 11) is 0. The summed E-state index contributed by atoms with van der Waals surface area (Å²) >= 11 is 0. The number of rotatable bonds is 4. The van der Waals surface area contributed by atoms with Crippen LogP contribution in [0.3, 0.4) is 0 Å². The lowest BCUT2D eigenvalue weighted by atomic mass is 10.1. The molecule has 22 heavy (non-hydrogen) atoms. The summed E-state index contributed by atoms with van der Waals surface area (Å²) in [5.41, 5.74) is 4.72. The number of hydrogen-bond donors (Lipinski definition) is 1. The van der Waals surface area contributed by atoms with E-state index in [0.29, 0.717) is 0 Å². The van der Waals surface area contributed by atoms with Crippen LogP contribution in [0.2, 0.25) is 0 Å². The lowest BCUT2D eigenvalue weighted by Crippen LogP contribution is -2.23. The summed E-state index contributed by atoms with van der Waals surface area (Å²) in [4.78, 5) is 10.9. The van der Waals surface area contributed by atoms with Crippen molar-refractivity contribution >= 4 is 22.8 Å². The number of aromatic nitrogens is 2. The van der Waals surface area contributed by atoms with E-state index in [-0.39, 0.29) is 0 Å². The first-order valence-electron chi connectivity index (χ1n) is 7.90. The predicted octanol–water partition coefficient (Wildman–Crippen LogP) is 3.85. The molecular weight excluding hydrogens is 272 g/mol. The van der Waals surface area contributed by atoms with Crippen LogP contribution < -0.4 is 10.2 Å². The van der Waals surface area contributed by atoms with Crippen molar-refractivity contribution in [3.05, 3.63) is 48.4 Å². The van der Waals surface area contributed by atoms with E-state index in [0.717, 1.165) is 30.4 Å². The molecule has 1 saturated carbocycles. The molecule has 4 heteroatoms. The fourth-order valence-electron chi connectivity index (χ4n) is 2.84. The van der Waals surface area contributed by atoms with E-state index in [9.17, 15) is 0 Å². The van der Waals surface area contributed by atoms with Gasteiger partial charge in [0, 0.05) is 36.2 Å². The molecule has 1 fully saturated rings. The third-order valence-corrected chi connectivity index (χ3v) is 4.40. The lowest BCUT2D eigenvalue weighted by molar-refractivity contribution is 0.889. The number of allylic oxidation sites excluding steroid dienone is 1. The monoisotopic (exact) mass is 292 g/mol. The molecule has 1 N–H and O–H groups in total. The molecule has 2 aliphatic rings. The molecule has 0 amide bonds. The van der Waals surface area contributed by atoms with Gasteiger partial charge in [0.25, 0.3) is 0 Å². The highest BCUT2D eigenvalue weighted by molar-refractivity contribution is 5.81. The second kappa shape index (κ2) is 5.44. The van der Waals surface area contributed by atoms with Crippen molar-refractivity contribution in [2.75, 3.05) is 23.3 Å². The van der Waals surface area contributed by atoms with Crippen molar-refractivity contribution in [1.29, 1.82) is 0 Å². The SMILES string of the molecule is CC1=CCN(c2cccc(NCC3CC3)c2)c2ncncc21. The molecule has 1 aliphatic heterocycles. The lowest BCUT2D eigenvalue weighted by Gasteiger charge is -2.28. The average molecular weight is 292 g/mol. The van der Waals surface area contributed by atoms with Crippen LogP contribution >= 0.6 is 0 Å². The largest absolute Gasteiger partial charge is 0.385 e. The van der Waals surface area contributed by atoms with E-state index >= 15 is 0 Å². The molecule has 1 aliphatic carbocycles. The Morgan fingerprint density at radius 1 is 1.32 bits per heavy atom. The van der Waals surface area contributed by atoms with Crippen LogP contribution in [-0.4, -0.2) is 23.1 Å². The van der Waals surface area contributed by atoms with Gasteiger partial charge in [-0.2, -0.15) is 0 Å². The zero-order chi connectivity index (χ0) is 14.9. The Balaban J connectivity index is 1.63. The molecule has 1 aromatic carbocycles. The van der Waals surface area contributed by atoms with E-state index in [1.807, 2.05) is 6.20 Å². The molecular formula is C18H20N4. The summed E-state index contributed by atoms with van der Waals surface area (Å²) in [5, 5.41) is 3.54. The molecule has 1 aromatic heterocycles. The third kappa shape index (κ3) is 2.56. The molecule has 0 atom stereocenters. The normalized spacial score (nSPS) is 17.0. The fraction of sp³-hybridized carbons (Fsp3) is 0.333. The molecule has 0 unspecified atom stereocenters. The van der Waals surface area contributed by atoms with Gasteiger partial charge in [-0.3, -0.25) is 0 Å². The smallest absolute Gasteiger partial charge is 0.144 e. The van der Waals surface area contributed by atoms with Crippen LogP contribution in [0.1, 0.15) is 25.3 Å². The first kappa shape index (κ1) is 13.3. The van der Waals surface area contributed by atoms with Crippen LogP contribution in [0, 0.1) is 5.92 Å². The Morgan fingerprint density at radius 2 is 2.23 bits per heavy atom. The Kier molecular flexibility index (Phi) is 3.29. The van der Waals surface area contributed by atoms with Crippen molar-refractivity contribution in [3.8, 4) is 0 Å². The van der Waals surface area contributed by atoms with Gasteiger partial charge in [0.15, 0.2) is 0 Å². The number of nitrogens with zero attached hydrogens (tertiary/aromatic N) is 3. The second-order valence-electron chi connectivity index (χ2n) is 6.13. The Morgan fingerprint density at radius 3 is 3.09 bits per heavy atom. The number of hydrogen-bond acceptors (Lipinski definition) is 4. The van der Waals surface area contributed by atoms with Crippen molar-refractivity contribution in [1.82, 2.24) is 9.97 Å². The maximum Gasteiger partial charge on any atom is 0.144 e. The van der Waals surface area contributed by atoms with E-state index in [4.69, 9.17) is 0 Å². The fourth-order valence-corrected chi connectivity index (χ4v) is 2.84. The minimum absolute atomic E-state index is 0.849. The highest BCUT2D eigenvalue weighted by atomic mass is 15.2. The quantitative estimate of drug-likeness (QED) is 0.929. The standard InChI is InChI=1S/C18H20N4/c1-13-7-8-22(18-17(13)11-19-12-21-18)16-4-2-3-15(9-16)20-10-14-5-6-14/h2-4,7,9,11-12,14,20H,5-6,8,10H2,1H3. The van der Waals surface area contributed by atoms with Crippen LogP contribution in [0.15, 0.2) is 42.9 Å². The summed E-state index contributed by atoms with van der Waals surface area (Å²) < 4.78 is 0. The Bertz CT molecular complexity index is 719. The Hall–Kier alpha value is -2.36. The topological polar surface area (TPSA) is 41.0 Å². The van der Waals surface area contributed by atoms with Gasteiger partial charge in [0.05, 0.1) is 0 Å². The van der Waals surface area contributed by atoms with Gasteiger partial charge in [0.2, 0.25) is 0 Å². The molecule has 0 bridgehead atoms. The van der Waals surface area contributed by atoms with Crippen LogP contribution in [0.5, 0.6) is 0 Å². The first-order chi connectivity index (χ1) is 10.8. The van der Waals surface area contributed by atoms with Crippen molar-refractivity contribution < 1.29 is 0 Å². The highest BCUT2D eigenvalue weighted by Gasteiger charge is 2.21. The maximum atomic E-state index is 4.49. The molecule has 2 heterocycles. The molecule has 4 nitrogen and oxygen atoms in total. The van der Waals surface area contributed by atoms with Gasteiger partial charge >= 0.3 is 0 Å². The van der Waals surface area contributed by atoms with Gasteiger partial charge in [0.1, 0.15) is 12.1 Å². The van der Waals surface area contributed by atoms with E-state index in [1.165, 1.54) is 29.8 Å². The number of anilines is 3. The van der Waals surface area contributed by atoms with Crippen LogP contribution in [0.25, 0.3) is 5.57 Å². The van der Waals surface area contributed by atoms with Gasteiger partial charge in [-0.05, 0) is 49.5 Å². The first-order valence-corrected chi connectivity index (χ1v) is 7.90. The molecule has 0 saturated heterocycles. The predicted molar refractivity (Wildman–Crippen MR) is 90.3 cm³/mol. The zero-order valence-corrected chi connectivity index (χ0v) is 12.8. The zero-order valence-electron chi connectivity index (χ0n) is 12.8. The molecule has 0 radical (unpaired) electrons. The molecule has 2 aromatic rings. The van der Waals surface area contributed by atoms with E-state index in [2.05, 4.69) is 57.4 Å². The maximum absolute atomic E-state index is 4.49. The summed E-state index contributed by atoms with van der Waals surface area (Å²) in [5.74, 6) is 1.87. The molecule has 0 spiro atoms. The second-order valence-corrected chi connectivity index (χ2v) is 6.13. The number of nitrogens with one attached hydrogen (secondary N) is 1. The number of benzene rings is 1. The van der Waals surface area contributed by atoms with E-state index < -0.39 is 0 Å². The summed E-state index contributed by atoms with van der Waals surface area (Å²) in [6.07, 6.45) is 8.49. The molecule has 4 rings (SSSR count). The minimum atomic E-state index is 0.849. The third-order valence-electron chi connectivity index (χ3n) is 4.40. The minimum Gasteiger partial charge on any atom is -0.385 e. The van der Waals surface area contributed by atoms with Gasteiger partial charge in [-0.15, -0.1) is 0 Å². The van der Waals surface area contributed by atoms with Gasteiger partial charge < -0.3 is 10.2 Å².